The highest BCUT2D eigenvalue weighted by Gasteiger charge is 2.43. The number of amides is 1. The molecule has 1 aliphatic heterocycles. The molecular weight excluding hydrogens is 571 g/mol. The minimum Gasteiger partial charge on any atom is -0.490 e. The van der Waals surface area contributed by atoms with Gasteiger partial charge in [0.25, 0.3) is 0 Å². The molecule has 0 radical (unpaired) electrons. The number of thiophene rings is 1. The summed E-state index contributed by atoms with van der Waals surface area (Å²) in [4.78, 5) is 37.0. The van der Waals surface area contributed by atoms with Crippen LogP contribution in [-0.2, 0) is 19.1 Å². The normalized spacial score (nSPS) is 14.3. The van der Waals surface area contributed by atoms with Crippen molar-refractivity contribution in [3.05, 3.63) is 33.6 Å². The van der Waals surface area contributed by atoms with Crippen molar-refractivity contribution in [3.8, 4) is 21.9 Å². The molecule has 1 aromatic heterocycles. The molecule has 1 fully saturated rings. The van der Waals surface area contributed by atoms with E-state index in [1.54, 1.807) is 31.2 Å². The van der Waals surface area contributed by atoms with E-state index >= 15 is 0 Å². The monoisotopic (exact) mass is 593 g/mol. The van der Waals surface area contributed by atoms with E-state index in [0.29, 0.717) is 20.7 Å². The van der Waals surface area contributed by atoms with E-state index in [-0.39, 0.29) is 49.3 Å². The minimum absolute atomic E-state index is 0.0528. The maximum atomic E-state index is 12.7. The number of nitrogens with zero attached hydrogens (tertiary/aromatic N) is 1. The van der Waals surface area contributed by atoms with Crippen LogP contribution in [0, 0.1) is 0 Å². The molecular formula is C23H23BrF3NO7S. The second-order valence-electron chi connectivity index (χ2n) is 7.62. The smallest absolute Gasteiger partial charge is 0.471 e. The molecule has 1 saturated heterocycles. The lowest BCUT2D eigenvalue weighted by atomic mass is 10.1. The number of carbonyl (C=O) groups excluding carboxylic acids is 3. The van der Waals surface area contributed by atoms with E-state index in [2.05, 4.69) is 15.9 Å². The number of rotatable bonds is 8. The molecule has 0 bridgehead atoms. The maximum Gasteiger partial charge on any atom is 0.471 e. The van der Waals surface area contributed by atoms with Crippen LogP contribution in [0.5, 0.6) is 11.5 Å². The van der Waals surface area contributed by atoms with Gasteiger partial charge in [-0.1, -0.05) is 12.1 Å². The molecule has 8 nitrogen and oxygen atoms in total. The predicted molar refractivity (Wildman–Crippen MR) is 127 cm³/mol. The third-order valence-electron chi connectivity index (χ3n) is 5.19. The summed E-state index contributed by atoms with van der Waals surface area (Å²) in [5, 5.41) is 0. The number of hydrogen-bond donors (Lipinski definition) is 0. The topological polar surface area (TPSA) is 91.4 Å². The molecule has 0 saturated carbocycles. The number of methoxy groups -OCH3 is 1. The van der Waals surface area contributed by atoms with Crippen LogP contribution < -0.4 is 9.47 Å². The van der Waals surface area contributed by atoms with Crippen molar-refractivity contribution in [1.82, 2.24) is 4.90 Å². The van der Waals surface area contributed by atoms with E-state index in [0.717, 1.165) is 16.2 Å². The van der Waals surface area contributed by atoms with Gasteiger partial charge in [0.15, 0.2) is 17.2 Å². The molecule has 1 aliphatic rings. The van der Waals surface area contributed by atoms with Gasteiger partial charge >= 0.3 is 24.0 Å². The Morgan fingerprint density at radius 2 is 1.89 bits per heavy atom. The molecule has 2 aromatic rings. The fourth-order valence-corrected chi connectivity index (χ4v) is 5.50. The Hall–Kier alpha value is -2.80. The summed E-state index contributed by atoms with van der Waals surface area (Å²) in [5.74, 6) is -2.46. The lowest BCUT2D eigenvalue weighted by Gasteiger charge is -2.32. The number of esters is 2. The third-order valence-corrected chi connectivity index (χ3v) is 7.41. The molecule has 0 N–H and O–H groups in total. The SMILES string of the molecule is CCOC(=O)COc1c(C(=O)OC)sc(-c2cccc(OC3CCN(C(=O)C(F)(F)F)CC3)c2)c1Br. The van der Waals surface area contributed by atoms with E-state index in [4.69, 9.17) is 18.9 Å². The van der Waals surface area contributed by atoms with Gasteiger partial charge in [0.05, 0.1) is 23.1 Å². The first kappa shape index (κ1) is 27.8. The van der Waals surface area contributed by atoms with Crippen molar-refractivity contribution < 1.29 is 46.5 Å². The molecule has 0 aliphatic carbocycles. The van der Waals surface area contributed by atoms with Crippen molar-refractivity contribution >= 4 is 45.1 Å². The van der Waals surface area contributed by atoms with Crippen LogP contribution in [0.2, 0.25) is 0 Å². The van der Waals surface area contributed by atoms with Gasteiger partial charge in [-0.2, -0.15) is 13.2 Å². The number of carbonyl (C=O) groups is 3. The van der Waals surface area contributed by atoms with Gasteiger partial charge in [0.2, 0.25) is 0 Å². The standard InChI is InChI=1S/C23H23BrF3NO7S/c1-3-33-16(29)12-34-18-17(24)19(36-20(18)21(30)32-2)13-5-4-6-15(11-13)35-14-7-9-28(10-8-14)22(31)23(25,26)27/h4-6,11,14H,3,7-10,12H2,1-2H3. The molecule has 196 valence electrons. The molecule has 13 heteroatoms. The van der Waals surface area contributed by atoms with Crippen LogP contribution in [0.4, 0.5) is 13.2 Å². The van der Waals surface area contributed by atoms with E-state index in [1.165, 1.54) is 7.11 Å². The zero-order valence-corrected chi connectivity index (χ0v) is 21.8. The summed E-state index contributed by atoms with van der Waals surface area (Å²) in [6.07, 6.45) is -4.74. The minimum atomic E-state index is -4.89. The summed E-state index contributed by atoms with van der Waals surface area (Å²) in [6.45, 7) is 1.35. The number of alkyl halides is 3. The Labute approximate surface area is 217 Å². The number of likely N-dealkylation sites (tertiary alicyclic amines) is 1. The van der Waals surface area contributed by atoms with Gasteiger partial charge in [-0.3, -0.25) is 4.79 Å². The molecule has 0 atom stereocenters. The molecule has 0 unspecified atom stereocenters. The highest BCUT2D eigenvalue weighted by Crippen LogP contribution is 2.46. The van der Waals surface area contributed by atoms with Gasteiger partial charge < -0.3 is 23.8 Å². The number of piperidine rings is 1. The van der Waals surface area contributed by atoms with Gasteiger partial charge in [-0.15, -0.1) is 11.3 Å². The number of ether oxygens (including phenoxy) is 4. The van der Waals surface area contributed by atoms with Crippen LogP contribution in [0.3, 0.4) is 0 Å². The van der Waals surface area contributed by atoms with Crippen molar-refractivity contribution in [1.29, 1.82) is 0 Å². The van der Waals surface area contributed by atoms with Gasteiger partial charge in [0.1, 0.15) is 11.9 Å². The zero-order valence-electron chi connectivity index (χ0n) is 19.4. The van der Waals surface area contributed by atoms with Crippen LogP contribution in [-0.4, -0.2) is 68.4 Å². The van der Waals surface area contributed by atoms with E-state index < -0.39 is 30.6 Å². The van der Waals surface area contributed by atoms with Crippen molar-refractivity contribution in [2.24, 2.45) is 0 Å². The molecule has 0 spiro atoms. The van der Waals surface area contributed by atoms with Crippen LogP contribution in [0.1, 0.15) is 29.4 Å². The van der Waals surface area contributed by atoms with Crippen LogP contribution in [0.25, 0.3) is 10.4 Å². The average Bonchev–Trinajstić information content (AvgIpc) is 3.18. The predicted octanol–water partition coefficient (Wildman–Crippen LogP) is 4.84. The lowest BCUT2D eigenvalue weighted by molar-refractivity contribution is -0.187. The Morgan fingerprint density at radius 1 is 1.19 bits per heavy atom. The fourth-order valence-electron chi connectivity index (χ4n) is 3.53. The number of hydrogen-bond acceptors (Lipinski definition) is 8. The first-order chi connectivity index (χ1) is 17.0. The van der Waals surface area contributed by atoms with Crippen molar-refractivity contribution in [2.75, 3.05) is 33.4 Å². The summed E-state index contributed by atoms with van der Waals surface area (Å²) in [5.41, 5.74) is 0.671. The Balaban J connectivity index is 1.75. The first-order valence-corrected chi connectivity index (χ1v) is 12.5. The Kier molecular flexibility index (Phi) is 9.23. The molecule has 1 amide bonds. The third kappa shape index (κ3) is 6.69. The summed E-state index contributed by atoms with van der Waals surface area (Å²) >= 11 is 4.53. The lowest BCUT2D eigenvalue weighted by Crippen LogP contribution is -2.47. The molecule has 36 heavy (non-hydrogen) atoms. The van der Waals surface area contributed by atoms with E-state index in [1.807, 2.05) is 0 Å². The molecule has 3 rings (SSSR count). The van der Waals surface area contributed by atoms with Crippen molar-refractivity contribution in [2.45, 2.75) is 32.0 Å². The summed E-state index contributed by atoms with van der Waals surface area (Å²) in [7, 11) is 1.23. The van der Waals surface area contributed by atoms with Gasteiger partial charge in [0, 0.05) is 25.9 Å². The average molecular weight is 594 g/mol. The number of halogens is 4. The van der Waals surface area contributed by atoms with Gasteiger partial charge in [-0.05, 0) is 40.5 Å². The maximum absolute atomic E-state index is 12.7. The second kappa shape index (κ2) is 12.0. The largest absolute Gasteiger partial charge is 0.490 e. The van der Waals surface area contributed by atoms with Crippen molar-refractivity contribution in [3.63, 3.8) is 0 Å². The second-order valence-corrected chi connectivity index (χ2v) is 9.44. The fraction of sp³-hybridized carbons (Fsp3) is 0.435. The van der Waals surface area contributed by atoms with E-state index in [9.17, 15) is 27.6 Å². The van der Waals surface area contributed by atoms with Crippen LogP contribution in [0.15, 0.2) is 28.7 Å². The Morgan fingerprint density at radius 3 is 2.50 bits per heavy atom. The van der Waals surface area contributed by atoms with Gasteiger partial charge in [-0.25, -0.2) is 9.59 Å². The highest BCUT2D eigenvalue weighted by molar-refractivity contribution is 9.10. The summed E-state index contributed by atoms with van der Waals surface area (Å²) in [6, 6.07) is 6.94. The highest BCUT2D eigenvalue weighted by atomic mass is 79.9. The Bertz CT molecular complexity index is 1110. The van der Waals surface area contributed by atoms with Crippen LogP contribution >= 0.6 is 27.3 Å². The quantitative estimate of drug-likeness (QED) is 0.404. The first-order valence-electron chi connectivity index (χ1n) is 10.9. The molecule has 2 heterocycles. The number of benzene rings is 1. The zero-order chi connectivity index (χ0) is 26.5. The molecule has 1 aromatic carbocycles. The summed E-state index contributed by atoms with van der Waals surface area (Å²) < 4.78 is 59.6.